The number of ketones is 1. The van der Waals surface area contributed by atoms with Gasteiger partial charge in [-0.15, -0.1) is 0 Å². The van der Waals surface area contributed by atoms with Crippen LogP contribution >= 0.6 is 0 Å². The fourth-order valence-electron chi connectivity index (χ4n) is 4.37. The van der Waals surface area contributed by atoms with Crippen LogP contribution in [-0.4, -0.2) is 28.9 Å². The van der Waals surface area contributed by atoms with Crippen LogP contribution in [0.4, 0.5) is 4.79 Å². The molecule has 2 saturated heterocycles. The van der Waals surface area contributed by atoms with Crippen LogP contribution in [0, 0.1) is 11.8 Å². The van der Waals surface area contributed by atoms with E-state index in [-0.39, 0.29) is 24.1 Å². The average molecular weight is 357 g/mol. The first-order chi connectivity index (χ1) is 12.5. The number of hydrogen-bond acceptors (Lipinski definition) is 3. The Morgan fingerprint density at radius 1 is 1.12 bits per heavy atom. The van der Waals surface area contributed by atoms with Crippen LogP contribution in [-0.2, 0) is 16.1 Å². The van der Waals surface area contributed by atoms with Gasteiger partial charge < -0.3 is 9.64 Å². The minimum absolute atomic E-state index is 0.127. The summed E-state index contributed by atoms with van der Waals surface area (Å²) >= 11 is 0. The molecule has 2 heterocycles. The second kappa shape index (κ2) is 8.70. The van der Waals surface area contributed by atoms with Gasteiger partial charge in [-0.25, -0.2) is 4.79 Å². The Kier molecular flexibility index (Phi) is 6.33. The van der Waals surface area contributed by atoms with E-state index in [0.717, 1.165) is 44.1 Å². The van der Waals surface area contributed by atoms with Crippen molar-refractivity contribution in [3.63, 3.8) is 0 Å². The van der Waals surface area contributed by atoms with Gasteiger partial charge in [0.2, 0.25) is 0 Å². The summed E-state index contributed by atoms with van der Waals surface area (Å²) in [6.45, 7) is 4.63. The van der Waals surface area contributed by atoms with Crippen molar-refractivity contribution in [1.29, 1.82) is 0 Å². The molecule has 3 rings (SSSR count). The van der Waals surface area contributed by atoms with E-state index in [2.05, 4.69) is 13.8 Å². The third-order valence-electron chi connectivity index (χ3n) is 5.81. The molecule has 2 bridgehead atoms. The van der Waals surface area contributed by atoms with Crippen molar-refractivity contribution >= 4 is 11.9 Å². The second-order valence-corrected chi connectivity index (χ2v) is 8.25. The highest BCUT2D eigenvalue weighted by molar-refractivity contribution is 5.81. The summed E-state index contributed by atoms with van der Waals surface area (Å²) in [5.41, 5.74) is 1.00. The van der Waals surface area contributed by atoms with E-state index in [4.69, 9.17) is 4.74 Å². The summed E-state index contributed by atoms with van der Waals surface area (Å²) < 4.78 is 5.58. The van der Waals surface area contributed by atoms with Crippen LogP contribution in [0.15, 0.2) is 30.3 Å². The summed E-state index contributed by atoms with van der Waals surface area (Å²) in [6.07, 6.45) is 6.19. The molecule has 1 amide bonds. The monoisotopic (exact) mass is 357 g/mol. The number of Topliss-reactive ketones (excluding diaryl/α,β-unsaturated/α-hetero) is 1. The van der Waals surface area contributed by atoms with Gasteiger partial charge in [0.25, 0.3) is 0 Å². The van der Waals surface area contributed by atoms with Crippen LogP contribution in [0.1, 0.15) is 64.4 Å². The zero-order chi connectivity index (χ0) is 18.5. The molecular formula is C22H31NO3. The summed E-state index contributed by atoms with van der Waals surface area (Å²) in [4.78, 5) is 27.2. The van der Waals surface area contributed by atoms with Gasteiger partial charge in [0.15, 0.2) is 0 Å². The molecule has 2 aliphatic heterocycles. The Labute approximate surface area is 156 Å². The van der Waals surface area contributed by atoms with Crippen LogP contribution in [0.2, 0.25) is 0 Å². The molecule has 2 fully saturated rings. The number of carbonyl (C=O) groups is 2. The van der Waals surface area contributed by atoms with Crippen molar-refractivity contribution in [3.05, 3.63) is 35.9 Å². The highest BCUT2D eigenvalue weighted by Crippen LogP contribution is 2.38. The first-order valence-electron chi connectivity index (χ1n) is 10.1. The van der Waals surface area contributed by atoms with E-state index in [9.17, 15) is 9.59 Å². The predicted molar refractivity (Wildman–Crippen MR) is 102 cm³/mol. The second-order valence-electron chi connectivity index (χ2n) is 8.25. The molecule has 26 heavy (non-hydrogen) atoms. The van der Waals surface area contributed by atoms with E-state index in [1.54, 1.807) is 0 Å². The number of benzene rings is 1. The lowest BCUT2D eigenvalue weighted by Gasteiger charge is -2.47. The Morgan fingerprint density at radius 2 is 1.77 bits per heavy atom. The lowest BCUT2D eigenvalue weighted by atomic mass is 9.76. The maximum absolute atomic E-state index is 12.7. The van der Waals surface area contributed by atoms with Gasteiger partial charge in [0, 0.05) is 24.4 Å². The molecule has 2 unspecified atom stereocenters. The SMILES string of the molecule is CC(C)CCC(=O)C1CC2CCCC(C1)N2C(=O)OCc1ccccc1. The molecule has 0 aliphatic carbocycles. The van der Waals surface area contributed by atoms with Gasteiger partial charge >= 0.3 is 6.09 Å². The van der Waals surface area contributed by atoms with E-state index >= 15 is 0 Å². The number of carbonyl (C=O) groups excluding carboxylic acids is 2. The van der Waals surface area contributed by atoms with Gasteiger partial charge in [-0.05, 0) is 50.0 Å². The van der Waals surface area contributed by atoms with Crippen molar-refractivity contribution in [2.24, 2.45) is 11.8 Å². The van der Waals surface area contributed by atoms with Gasteiger partial charge in [0.1, 0.15) is 12.4 Å². The van der Waals surface area contributed by atoms with Crippen LogP contribution in [0.5, 0.6) is 0 Å². The third kappa shape index (κ3) is 4.66. The molecule has 0 spiro atoms. The highest BCUT2D eigenvalue weighted by atomic mass is 16.6. The summed E-state index contributed by atoms with van der Waals surface area (Å²) in [6, 6.07) is 10.1. The van der Waals surface area contributed by atoms with Crippen LogP contribution in [0.3, 0.4) is 0 Å². The number of rotatable bonds is 6. The van der Waals surface area contributed by atoms with Gasteiger partial charge in [-0.1, -0.05) is 44.2 Å². The van der Waals surface area contributed by atoms with Crippen molar-refractivity contribution < 1.29 is 14.3 Å². The van der Waals surface area contributed by atoms with E-state index in [1.807, 2.05) is 35.2 Å². The predicted octanol–water partition coefficient (Wildman–Crippen LogP) is 4.96. The Hall–Kier alpha value is -1.84. The number of nitrogens with zero attached hydrogens (tertiary/aromatic N) is 1. The van der Waals surface area contributed by atoms with E-state index in [1.165, 1.54) is 0 Å². The largest absolute Gasteiger partial charge is 0.445 e. The fraction of sp³-hybridized carbons (Fsp3) is 0.636. The smallest absolute Gasteiger partial charge is 0.410 e. The molecule has 1 aromatic rings. The van der Waals surface area contributed by atoms with Crippen molar-refractivity contribution in [1.82, 2.24) is 4.90 Å². The molecule has 1 aromatic carbocycles. The van der Waals surface area contributed by atoms with Crippen molar-refractivity contribution in [2.75, 3.05) is 0 Å². The summed E-state index contributed by atoms with van der Waals surface area (Å²) in [5, 5.41) is 0. The quantitative estimate of drug-likeness (QED) is 0.723. The third-order valence-corrected chi connectivity index (χ3v) is 5.81. The lowest BCUT2D eigenvalue weighted by molar-refractivity contribution is -0.127. The van der Waals surface area contributed by atoms with Crippen LogP contribution in [0.25, 0.3) is 0 Å². The molecule has 0 saturated carbocycles. The molecule has 4 nitrogen and oxygen atoms in total. The Balaban J connectivity index is 1.58. The minimum Gasteiger partial charge on any atom is -0.445 e. The van der Waals surface area contributed by atoms with Gasteiger partial charge in [0.05, 0.1) is 0 Å². The summed E-state index contributed by atoms with van der Waals surface area (Å²) in [5.74, 6) is 1.08. The average Bonchev–Trinajstić information content (AvgIpc) is 2.63. The first-order valence-corrected chi connectivity index (χ1v) is 10.1. The van der Waals surface area contributed by atoms with Crippen molar-refractivity contribution in [2.45, 2.75) is 77.5 Å². The topological polar surface area (TPSA) is 46.6 Å². The molecule has 2 aliphatic rings. The Morgan fingerprint density at radius 3 is 2.38 bits per heavy atom. The molecule has 0 N–H and O–H groups in total. The Bertz CT molecular complexity index is 599. The number of piperidine rings is 2. The van der Waals surface area contributed by atoms with E-state index in [0.29, 0.717) is 24.7 Å². The maximum Gasteiger partial charge on any atom is 0.410 e. The zero-order valence-corrected chi connectivity index (χ0v) is 16.0. The lowest BCUT2D eigenvalue weighted by Crippen LogP contribution is -2.55. The first kappa shape index (κ1) is 18.9. The van der Waals surface area contributed by atoms with Gasteiger partial charge in [-0.2, -0.15) is 0 Å². The number of hydrogen-bond donors (Lipinski definition) is 0. The molecular weight excluding hydrogens is 326 g/mol. The van der Waals surface area contributed by atoms with Gasteiger partial charge in [-0.3, -0.25) is 4.79 Å². The molecule has 4 heteroatoms. The van der Waals surface area contributed by atoms with Crippen molar-refractivity contribution in [3.8, 4) is 0 Å². The molecule has 0 aromatic heterocycles. The molecule has 0 radical (unpaired) electrons. The maximum atomic E-state index is 12.7. The highest BCUT2D eigenvalue weighted by Gasteiger charge is 2.43. The fourth-order valence-corrected chi connectivity index (χ4v) is 4.37. The zero-order valence-electron chi connectivity index (χ0n) is 16.0. The normalized spacial score (nSPS) is 25.2. The van der Waals surface area contributed by atoms with E-state index < -0.39 is 0 Å². The molecule has 2 atom stereocenters. The molecule has 142 valence electrons. The van der Waals surface area contributed by atoms with Crippen LogP contribution < -0.4 is 0 Å². The number of fused-ring (bicyclic) bond motifs is 2. The minimum atomic E-state index is -0.211. The standard InChI is InChI=1S/C22H31NO3/c1-16(2)11-12-21(24)18-13-19-9-6-10-20(14-18)23(19)22(25)26-15-17-7-4-3-5-8-17/h3-5,7-8,16,18-20H,6,9-15H2,1-2H3. The number of amides is 1. The summed E-state index contributed by atoms with van der Waals surface area (Å²) in [7, 11) is 0. The number of ether oxygens (including phenoxy) is 1.